The fourth-order valence-electron chi connectivity index (χ4n) is 1.24. The zero-order valence-corrected chi connectivity index (χ0v) is 13.2. The highest BCUT2D eigenvalue weighted by molar-refractivity contribution is 7.46. The van der Waals surface area contributed by atoms with Crippen molar-refractivity contribution in [3.05, 3.63) is 0 Å². The lowest BCUT2D eigenvalue weighted by atomic mass is 10.2. The summed E-state index contributed by atoms with van der Waals surface area (Å²) in [6.07, 6.45) is -3.85. The molecule has 0 aromatic rings. The Bertz CT molecular complexity index is 465. The van der Waals surface area contributed by atoms with Crippen LogP contribution in [0.2, 0.25) is 0 Å². The molecule has 3 atom stereocenters. The molecule has 1 heterocycles. The predicted molar refractivity (Wildman–Crippen MR) is 64.9 cm³/mol. The smallest absolute Gasteiger partial charge is 0.387 e. The van der Waals surface area contributed by atoms with Crippen LogP contribution in [0.3, 0.4) is 0 Å². The Morgan fingerprint density at radius 2 is 1.41 bits per heavy atom. The van der Waals surface area contributed by atoms with Crippen LogP contribution >= 0.6 is 23.5 Å². The van der Waals surface area contributed by atoms with Crippen molar-refractivity contribution >= 4 is 23.5 Å². The average molecular weight is 392 g/mol. The third-order valence-corrected chi connectivity index (χ3v) is 2.95. The van der Waals surface area contributed by atoms with E-state index in [2.05, 4.69) is 9.05 Å². The number of aliphatic hydroxyl groups excluding tert-OH is 1. The SMILES string of the molecule is O=P(O)(O)O.O=P(O)(O)OC[C@H]1OC[C@@H](OP(=O)(O)O)[C@@H]1O. The standard InChI is InChI=1S/C5H12O10P2.H3O4P/c6-5-3(2-14-16(7,8)9)13-1-4(5)15-17(10,11)12;1-5(2,3)4/h3-6H,1-2H2,(H2,7,8,9)(H2,10,11,12);(H3,1,2,3,4)/t3-,4-,5-;/m1./s1. The largest absolute Gasteiger partial charge is 0.470 e. The molecule has 0 radical (unpaired) electrons. The lowest BCUT2D eigenvalue weighted by molar-refractivity contribution is -0.00611. The molecule has 0 aromatic carbocycles. The predicted octanol–water partition coefficient (Wildman–Crippen LogP) is -2.60. The van der Waals surface area contributed by atoms with Crippen molar-refractivity contribution in [1.29, 1.82) is 0 Å². The second kappa shape index (κ2) is 8.38. The lowest BCUT2D eigenvalue weighted by Crippen LogP contribution is -2.34. The topological polar surface area (TPSA) is 241 Å². The van der Waals surface area contributed by atoms with Crippen LogP contribution in [-0.4, -0.2) is 70.9 Å². The summed E-state index contributed by atoms with van der Waals surface area (Å²) in [5.41, 5.74) is 0. The maximum atomic E-state index is 10.5. The first kappa shape index (κ1) is 22.2. The van der Waals surface area contributed by atoms with Gasteiger partial charge in [0.15, 0.2) is 0 Å². The molecule has 0 bridgehead atoms. The Morgan fingerprint density at radius 3 is 1.77 bits per heavy atom. The van der Waals surface area contributed by atoms with Crippen LogP contribution in [0.5, 0.6) is 0 Å². The summed E-state index contributed by atoms with van der Waals surface area (Å²) in [4.78, 5) is 55.4. The molecule has 14 nitrogen and oxygen atoms in total. The maximum absolute atomic E-state index is 10.5. The lowest BCUT2D eigenvalue weighted by Gasteiger charge is -2.18. The molecule has 1 aliphatic rings. The molecule has 1 saturated heterocycles. The van der Waals surface area contributed by atoms with Crippen LogP contribution in [0.4, 0.5) is 0 Å². The van der Waals surface area contributed by atoms with Gasteiger partial charge in [-0.05, 0) is 0 Å². The molecule has 134 valence electrons. The number of hydrogen-bond donors (Lipinski definition) is 8. The highest BCUT2D eigenvalue weighted by Gasteiger charge is 2.41. The summed E-state index contributed by atoms with van der Waals surface area (Å²) in [7, 11) is -14.1. The third-order valence-electron chi connectivity index (χ3n) is 1.92. The van der Waals surface area contributed by atoms with Crippen LogP contribution in [0.25, 0.3) is 0 Å². The van der Waals surface area contributed by atoms with Gasteiger partial charge >= 0.3 is 23.5 Å². The van der Waals surface area contributed by atoms with Crippen LogP contribution in [0.15, 0.2) is 0 Å². The minimum Gasteiger partial charge on any atom is -0.387 e. The van der Waals surface area contributed by atoms with Crippen LogP contribution in [0, 0.1) is 0 Å². The molecule has 1 aliphatic heterocycles. The van der Waals surface area contributed by atoms with E-state index in [-0.39, 0.29) is 6.61 Å². The monoisotopic (exact) mass is 392 g/mol. The van der Waals surface area contributed by atoms with Gasteiger partial charge in [0.1, 0.15) is 18.3 Å². The fourth-order valence-corrected chi connectivity index (χ4v) is 2.12. The number of phosphoric acid groups is 3. The van der Waals surface area contributed by atoms with E-state index in [0.717, 1.165) is 0 Å². The molecule has 0 unspecified atom stereocenters. The molecule has 22 heavy (non-hydrogen) atoms. The summed E-state index contributed by atoms with van der Waals surface area (Å²) >= 11 is 0. The number of ether oxygens (including phenoxy) is 1. The normalized spacial score (nSPS) is 26.5. The van der Waals surface area contributed by atoms with E-state index in [0.29, 0.717) is 0 Å². The summed E-state index contributed by atoms with van der Waals surface area (Å²) < 4.78 is 42.9. The van der Waals surface area contributed by atoms with Crippen LogP contribution < -0.4 is 0 Å². The second-order valence-electron chi connectivity index (χ2n) is 3.80. The van der Waals surface area contributed by atoms with Gasteiger partial charge in [-0.15, -0.1) is 0 Å². The summed E-state index contributed by atoms with van der Waals surface area (Å²) in [5, 5.41) is 9.48. The molecule has 1 rings (SSSR count). The molecule has 8 N–H and O–H groups in total. The van der Waals surface area contributed by atoms with E-state index in [1.807, 2.05) is 0 Å². The number of rotatable bonds is 5. The minimum absolute atomic E-state index is 0.318. The first-order valence-electron chi connectivity index (χ1n) is 5.10. The first-order valence-corrected chi connectivity index (χ1v) is 9.73. The van der Waals surface area contributed by atoms with Gasteiger partial charge in [-0.25, -0.2) is 13.7 Å². The summed E-state index contributed by atoms with van der Waals surface area (Å²) in [6.45, 7) is -0.937. The third kappa shape index (κ3) is 12.8. The van der Waals surface area contributed by atoms with Gasteiger partial charge in [0.05, 0.1) is 13.2 Å². The minimum atomic E-state index is -4.76. The summed E-state index contributed by atoms with van der Waals surface area (Å²) in [6, 6.07) is 0. The van der Waals surface area contributed by atoms with Gasteiger partial charge in [-0.3, -0.25) is 9.05 Å². The van der Waals surface area contributed by atoms with E-state index in [9.17, 15) is 14.2 Å². The van der Waals surface area contributed by atoms with Crippen LogP contribution in [-0.2, 0) is 27.5 Å². The molecule has 0 saturated carbocycles. The van der Waals surface area contributed by atoms with Crippen molar-refractivity contribution in [2.24, 2.45) is 0 Å². The highest BCUT2D eigenvalue weighted by atomic mass is 31.2. The van der Waals surface area contributed by atoms with Crippen LogP contribution in [0.1, 0.15) is 0 Å². The van der Waals surface area contributed by atoms with Gasteiger partial charge in [0.2, 0.25) is 0 Å². The van der Waals surface area contributed by atoms with E-state index < -0.39 is 48.4 Å². The number of phosphoric ester groups is 2. The zero-order chi connectivity index (χ0) is 17.8. The Labute approximate surface area is 123 Å². The van der Waals surface area contributed by atoms with Crippen molar-refractivity contribution in [1.82, 2.24) is 0 Å². The quantitative estimate of drug-likeness (QED) is 0.224. The first-order chi connectivity index (χ1) is 9.58. The Morgan fingerprint density at radius 1 is 0.955 bits per heavy atom. The second-order valence-corrected chi connectivity index (χ2v) is 7.25. The zero-order valence-electron chi connectivity index (χ0n) is 10.5. The van der Waals surface area contributed by atoms with Crippen molar-refractivity contribution in [3.63, 3.8) is 0 Å². The molecule has 0 amide bonds. The van der Waals surface area contributed by atoms with Gasteiger partial charge in [-0.2, -0.15) is 0 Å². The van der Waals surface area contributed by atoms with E-state index in [1.165, 1.54) is 0 Å². The Hall–Kier alpha value is 0.250. The molecule has 1 fully saturated rings. The fraction of sp³-hybridized carbons (Fsp3) is 1.00. The van der Waals surface area contributed by atoms with E-state index in [1.54, 1.807) is 0 Å². The number of hydrogen-bond acceptors (Lipinski definition) is 7. The average Bonchev–Trinajstić information content (AvgIpc) is 2.52. The Balaban J connectivity index is 0.000000763. The summed E-state index contributed by atoms with van der Waals surface area (Å²) in [5.74, 6) is 0. The molecular weight excluding hydrogens is 377 g/mol. The molecular formula is C5H15O14P3. The van der Waals surface area contributed by atoms with Gasteiger partial charge in [0.25, 0.3) is 0 Å². The molecule has 0 spiro atoms. The highest BCUT2D eigenvalue weighted by Crippen LogP contribution is 2.41. The van der Waals surface area contributed by atoms with E-state index in [4.69, 9.17) is 43.6 Å². The van der Waals surface area contributed by atoms with Crippen molar-refractivity contribution < 1.29 is 66.8 Å². The Kier molecular flexibility index (Phi) is 8.47. The van der Waals surface area contributed by atoms with Gasteiger partial charge in [0, 0.05) is 0 Å². The van der Waals surface area contributed by atoms with Crippen molar-refractivity contribution in [2.75, 3.05) is 13.2 Å². The molecule has 17 heteroatoms. The van der Waals surface area contributed by atoms with Gasteiger partial charge < -0.3 is 44.1 Å². The molecule has 0 aliphatic carbocycles. The van der Waals surface area contributed by atoms with E-state index >= 15 is 0 Å². The molecule has 0 aromatic heterocycles. The maximum Gasteiger partial charge on any atom is 0.470 e. The van der Waals surface area contributed by atoms with Gasteiger partial charge in [-0.1, -0.05) is 0 Å². The van der Waals surface area contributed by atoms with Crippen molar-refractivity contribution in [2.45, 2.75) is 18.3 Å². The van der Waals surface area contributed by atoms with Crippen molar-refractivity contribution in [3.8, 4) is 0 Å². The number of aliphatic hydroxyl groups is 1.